The van der Waals surface area contributed by atoms with E-state index in [9.17, 15) is 27.6 Å². The molecule has 1 fully saturated rings. The molecule has 1 N–H and O–H groups in total. The van der Waals surface area contributed by atoms with Crippen LogP contribution in [0, 0.1) is 0 Å². The van der Waals surface area contributed by atoms with Crippen molar-refractivity contribution >= 4 is 56.7 Å². The molecule has 0 atom stereocenters. The van der Waals surface area contributed by atoms with E-state index in [-0.39, 0.29) is 28.1 Å². The average molecular weight is 505 g/mol. The second-order valence-corrected chi connectivity index (χ2v) is 9.42. The molecule has 0 bridgehead atoms. The quantitative estimate of drug-likeness (QED) is 0.327. The fraction of sp³-hybridized carbons (Fsp3) is 0.182. The summed E-state index contributed by atoms with van der Waals surface area (Å²) in [5.41, 5.74) is 0.966. The number of carbonyl (C=O) groups excluding carboxylic acids is 4. The smallest absolute Gasteiger partial charge is 0.339 e. The number of amides is 3. The molecule has 0 radical (unpaired) electrons. The number of nitrogens with one attached hydrogen (secondary N) is 1. The number of nitrogens with zero attached hydrogens (tertiary/aromatic N) is 1. The van der Waals surface area contributed by atoms with Gasteiger partial charge in [-0.25, -0.2) is 0 Å². The Morgan fingerprint density at radius 1 is 1.06 bits per heavy atom. The second kappa shape index (κ2) is 10.5. The van der Waals surface area contributed by atoms with Crippen LogP contribution in [0.15, 0.2) is 58.3 Å². The number of ether oxygens (including phenoxy) is 1. The molecule has 1 aliphatic rings. The molecular formula is C22H20N2O8S2. The maximum atomic E-state index is 12.5. The molecule has 2 aromatic carbocycles. The van der Waals surface area contributed by atoms with Gasteiger partial charge in [-0.2, -0.15) is 8.42 Å². The van der Waals surface area contributed by atoms with Crippen molar-refractivity contribution in [3.8, 4) is 5.75 Å². The predicted molar refractivity (Wildman–Crippen MR) is 124 cm³/mol. The SMILES string of the molecule is CCOC(=O)CN1C(=O)S/C(=C\c2ccc(OS(=O)(=O)c3ccc(NC(C)=O)cc3)cc2)C1=O. The maximum Gasteiger partial charge on any atom is 0.339 e. The van der Waals surface area contributed by atoms with E-state index >= 15 is 0 Å². The Morgan fingerprint density at radius 3 is 2.29 bits per heavy atom. The van der Waals surface area contributed by atoms with Crippen LogP contribution in [0.4, 0.5) is 10.5 Å². The van der Waals surface area contributed by atoms with E-state index < -0.39 is 33.8 Å². The molecular weight excluding hydrogens is 484 g/mol. The van der Waals surface area contributed by atoms with Crippen molar-refractivity contribution in [1.29, 1.82) is 0 Å². The van der Waals surface area contributed by atoms with Crippen LogP contribution in [0.25, 0.3) is 6.08 Å². The van der Waals surface area contributed by atoms with E-state index in [0.717, 1.165) is 4.90 Å². The molecule has 3 amide bonds. The molecule has 0 saturated carbocycles. The first-order valence-corrected chi connectivity index (χ1v) is 12.1. The lowest BCUT2D eigenvalue weighted by Crippen LogP contribution is -2.34. The van der Waals surface area contributed by atoms with Crippen LogP contribution in [0.5, 0.6) is 5.75 Å². The minimum atomic E-state index is -4.11. The number of esters is 1. The van der Waals surface area contributed by atoms with Crippen LogP contribution in [0.2, 0.25) is 0 Å². The van der Waals surface area contributed by atoms with Crippen LogP contribution in [0.1, 0.15) is 19.4 Å². The van der Waals surface area contributed by atoms with Crippen molar-refractivity contribution < 1.29 is 36.5 Å². The zero-order valence-corrected chi connectivity index (χ0v) is 19.8. The molecule has 0 aliphatic carbocycles. The first kappa shape index (κ1) is 25.0. The normalized spacial score (nSPS) is 14.9. The van der Waals surface area contributed by atoms with Crippen molar-refractivity contribution in [3.63, 3.8) is 0 Å². The molecule has 0 unspecified atom stereocenters. The number of thioether (sulfide) groups is 1. The third-order valence-electron chi connectivity index (χ3n) is 4.31. The van der Waals surface area contributed by atoms with Gasteiger partial charge in [0.15, 0.2) is 0 Å². The third-order valence-corrected chi connectivity index (χ3v) is 6.48. The summed E-state index contributed by atoms with van der Waals surface area (Å²) in [6.07, 6.45) is 1.45. The molecule has 1 heterocycles. The first-order chi connectivity index (χ1) is 16.1. The summed E-state index contributed by atoms with van der Waals surface area (Å²) >= 11 is 0.690. The monoisotopic (exact) mass is 504 g/mol. The second-order valence-electron chi connectivity index (χ2n) is 6.88. The molecule has 34 heavy (non-hydrogen) atoms. The van der Waals surface area contributed by atoms with Crippen molar-refractivity contribution in [2.45, 2.75) is 18.7 Å². The van der Waals surface area contributed by atoms with Gasteiger partial charge < -0.3 is 14.2 Å². The Hall–Kier alpha value is -3.64. The minimum absolute atomic E-state index is 0.0403. The highest BCUT2D eigenvalue weighted by Crippen LogP contribution is 2.32. The molecule has 10 nitrogen and oxygen atoms in total. The molecule has 1 aliphatic heterocycles. The number of anilines is 1. The summed E-state index contributed by atoms with van der Waals surface area (Å²) in [5.74, 6) is -1.54. The van der Waals surface area contributed by atoms with Crippen molar-refractivity contribution in [1.82, 2.24) is 4.90 Å². The third kappa shape index (κ3) is 6.23. The Morgan fingerprint density at radius 2 is 1.71 bits per heavy atom. The number of rotatable bonds is 8. The number of benzene rings is 2. The molecule has 3 rings (SSSR count). The number of carbonyl (C=O) groups is 4. The number of hydrogen-bond donors (Lipinski definition) is 1. The Labute approximate surface area is 200 Å². The van der Waals surface area contributed by atoms with Crippen molar-refractivity contribution in [2.24, 2.45) is 0 Å². The Balaban J connectivity index is 1.68. The van der Waals surface area contributed by atoms with Crippen molar-refractivity contribution in [3.05, 3.63) is 59.0 Å². The van der Waals surface area contributed by atoms with Gasteiger partial charge in [0.1, 0.15) is 17.2 Å². The van der Waals surface area contributed by atoms with E-state index in [1.807, 2.05) is 0 Å². The van der Waals surface area contributed by atoms with E-state index in [1.54, 1.807) is 6.92 Å². The van der Waals surface area contributed by atoms with Gasteiger partial charge in [0.2, 0.25) is 5.91 Å². The van der Waals surface area contributed by atoms with E-state index in [2.05, 4.69) is 5.32 Å². The zero-order chi connectivity index (χ0) is 24.9. The highest BCUT2D eigenvalue weighted by Gasteiger charge is 2.36. The Kier molecular flexibility index (Phi) is 7.74. The summed E-state index contributed by atoms with van der Waals surface area (Å²) in [7, 11) is -4.11. The summed E-state index contributed by atoms with van der Waals surface area (Å²) in [6.45, 7) is 2.63. The van der Waals surface area contributed by atoms with Crippen LogP contribution in [-0.2, 0) is 29.2 Å². The largest absolute Gasteiger partial charge is 0.465 e. The molecule has 178 valence electrons. The van der Waals surface area contributed by atoms with Gasteiger partial charge in [0.25, 0.3) is 11.1 Å². The molecule has 2 aromatic rings. The van der Waals surface area contributed by atoms with Crippen LogP contribution in [-0.4, -0.2) is 49.5 Å². The lowest BCUT2D eigenvalue weighted by Gasteiger charge is -2.10. The predicted octanol–water partition coefficient (Wildman–Crippen LogP) is 3.01. The van der Waals surface area contributed by atoms with Crippen LogP contribution < -0.4 is 9.50 Å². The standard InChI is InChI=1S/C22H20N2O8S2/c1-3-31-20(26)13-24-21(27)19(33-22(24)28)12-15-4-8-17(9-5-15)32-34(29,30)18-10-6-16(7-11-18)23-14(2)25/h4-12H,3,13H2,1-2H3,(H,23,25)/b19-12-. The van der Waals surface area contributed by atoms with E-state index in [4.69, 9.17) is 8.92 Å². The fourth-order valence-electron chi connectivity index (χ4n) is 2.83. The lowest BCUT2D eigenvalue weighted by atomic mass is 10.2. The van der Waals surface area contributed by atoms with Gasteiger partial charge in [-0.05, 0) is 66.7 Å². The molecule has 1 saturated heterocycles. The zero-order valence-electron chi connectivity index (χ0n) is 18.1. The highest BCUT2D eigenvalue weighted by molar-refractivity contribution is 8.18. The van der Waals surface area contributed by atoms with Crippen molar-refractivity contribution in [2.75, 3.05) is 18.5 Å². The maximum absolute atomic E-state index is 12.5. The molecule has 12 heteroatoms. The van der Waals surface area contributed by atoms with E-state index in [1.165, 1.54) is 61.5 Å². The number of imide groups is 1. The van der Waals surface area contributed by atoms with Gasteiger partial charge in [0, 0.05) is 12.6 Å². The lowest BCUT2D eigenvalue weighted by molar-refractivity contribution is -0.146. The topological polar surface area (TPSA) is 136 Å². The molecule has 0 aromatic heterocycles. The summed E-state index contributed by atoms with van der Waals surface area (Å²) in [4.78, 5) is 48.0. The van der Waals surface area contributed by atoms with Gasteiger partial charge >= 0.3 is 16.1 Å². The van der Waals surface area contributed by atoms with Crippen LogP contribution >= 0.6 is 11.8 Å². The van der Waals surface area contributed by atoms with Gasteiger partial charge in [0.05, 0.1) is 11.5 Å². The van der Waals surface area contributed by atoms with Gasteiger partial charge in [-0.15, -0.1) is 0 Å². The highest BCUT2D eigenvalue weighted by atomic mass is 32.2. The summed E-state index contributed by atoms with van der Waals surface area (Å²) in [5, 5.41) is 1.96. The summed E-state index contributed by atoms with van der Waals surface area (Å²) < 4.78 is 34.9. The fourth-order valence-corrected chi connectivity index (χ4v) is 4.59. The first-order valence-electron chi connectivity index (χ1n) is 9.92. The average Bonchev–Trinajstić information content (AvgIpc) is 3.02. The molecule has 0 spiro atoms. The summed E-state index contributed by atoms with van der Waals surface area (Å²) in [6, 6.07) is 11.3. The van der Waals surface area contributed by atoms with Crippen LogP contribution in [0.3, 0.4) is 0 Å². The Bertz CT molecular complexity index is 1250. The van der Waals surface area contributed by atoms with Gasteiger partial charge in [-0.1, -0.05) is 12.1 Å². The minimum Gasteiger partial charge on any atom is -0.465 e. The number of hydrogen-bond acceptors (Lipinski definition) is 9. The van der Waals surface area contributed by atoms with E-state index in [0.29, 0.717) is 23.0 Å². The van der Waals surface area contributed by atoms with Gasteiger partial charge in [-0.3, -0.25) is 24.1 Å².